The van der Waals surface area contributed by atoms with Crippen molar-refractivity contribution in [2.75, 3.05) is 4.90 Å². The summed E-state index contributed by atoms with van der Waals surface area (Å²) in [6.45, 7) is 0. The van der Waals surface area contributed by atoms with Crippen molar-refractivity contribution >= 4 is 90.9 Å². The van der Waals surface area contributed by atoms with E-state index in [1.165, 1.54) is 79.3 Å². The smallest absolute Gasteiger partial charge is 0.0555 e. The van der Waals surface area contributed by atoms with E-state index >= 15 is 0 Å². The van der Waals surface area contributed by atoms with Crippen LogP contribution in [0.3, 0.4) is 0 Å². The van der Waals surface area contributed by atoms with Crippen LogP contribution in [0.2, 0.25) is 0 Å². The van der Waals surface area contributed by atoms with Gasteiger partial charge in [-0.2, -0.15) is 0 Å². The average molecular weight is 584 g/mol. The van der Waals surface area contributed by atoms with Gasteiger partial charge in [0.05, 0.1) is 17.1 Å². The van der Waals surface area contributed by atoms with Gasteiger partial charge in [-0.05, 0) is 41.8 Å². The molecule has 9 aromatic rings. The fraction of sp³-hybridized carbons (Fsp3) is 0. The molecule has 0 spiro atoms. The van der Waals surface area contributed by atoms with Gasteiger partial charge in [-0.25, -0.2) is 0 Å². The first kappa shape index (κ1) is 24.6. The zero-order valence-electron chi connectivity index (χ0n) is 23.2. The summed E-state index contributed by atoms with van der Waals surface area (Å²) in [7, 11) is 0. The van der Waals surface area contributed by atoms with Crippen LogP contribution in [0.15, 0.2) is 152 Å². The summed E-state index contributed by atoms with van der Waals surface area (Å²) in [6, 6.07) is 55.4. The zero-order valence-corrected chi connectivity index (χ0v) is 24.8. The van der Waals surface area contributed by atoms with Crippen LogP contribution in [-0.4, -0.2) is 0 Å². The monoisotopic (exact) mass is 583 g/mol. The number of hydrogen-bond acceptors (Lipinski definition) is 3. The Bertz CT molecular complexity index is 2480. The second-order valence-electron chi connectivity index (χ2n) is 10.9. The third-order valence-electron chi connectivity index (χ3n) is 8.47. The average Bonchev–Trinajstić information content (AvgIpc) is 3.64. The second-order valence-corrected chi connectivity index (χ2v) is 13.0. The van der Waals surface area contributed by atoms with Crippen LogP contribution in [0, 0.1) is 0 Å². The Morgan fingerprint density at radius 1 is 0.349 bits per heavy atom. The number of rotatable bonds is 4. The SMILES string of the molecule is c1ccc(N(c2cccc3ccccc23)c2cccc3sc4ccccc4c23)c(-c2cccc3c2sc2ccccc23)c1. The normalized spacial score (nSPS) is 11.7. The van der Waals surface area contributed by atoms with Gasteiger partial charge in [0.25, 0.3) is 0 Å². The molecule has 0 aliphatic carbocycles. The van der Waals surface area contributed by atoms with E-state index in [0.29, 0.717) is 0 Å². The van der Waals surface area contributed by atoms with Crippen molar-refractivity contribution in [3.05, 3.63) is 152 Å². The predicted molar refractivity (Wildman–Crippen MR) is 190 cm³/mol. The molecule has 0 fully saturated rings. The Hall–Kier alpha value is -4.96. The third-order valence-corrected chi connectivity index (χ3v) is 10.8. The third kappa shape index (κ3) is 3.82. The molecule has 2 aromatic heterocycles. The largest absolute Gasteiger partial charge is 0.309 e. The van der Waals surface area contributed by atoms with Gasteiger partial charge in [-0.15, -0.1) is 22.7 Å². The van der Waals surface area contributed by atoms with E-state index in [2.05, 4.69) is 157 Å². The lowest BCUT2D eigenvalue weighted by molar-refractivity contribution is 1.32. The highest BCUT2D eigenvalue weighted by atomic mass is 32.1. The number of thiophene rings is 2. The highest BCUT2D eigenvalue weighted by molar-refractivity contribution is 7.26. The number of nitrogens with zero attached hydrogens (tertiary/aromatic N) is 1. The number of anilines is 3. The van der Waals surface area contributed by atoms with E-state index in [9.17, 15) is 0 Å². The highest BCUT2D eigenvalue weighted by Crippen LogP contribution is 2.50. The molecule has 202 valence electrons. The maximum Gasteiger partial charge on any atom is 0.0555 e. The molecule has 0 N–H and O–H groups in total. The Labute approximate surface area is 257 Å². The molecule has 0 amide bonds. The summed E-state index contributed by atoms with van der Waals surface area (Å²) in [5, 5.41) is 7.70. The minimum atomic E-state index is 1.17. The number of fused-ring (bicyclic) bond motifs is 7. The first-order valence-electron chi connectivity index (χ1n) is 14.5. The van der Waals surface area contributed by atoms with Crippen LogP contribution in [0.25, 0.3) is 62.2 Å². The van der Waals surface area contributed by atoms with Gasteiger partial charge < -0.3 is 4.90 Å². The molecule has 9 rings (SSSR count). The Morgan fingerprint density at radius 2 is 0.907 bits per heavy atom. The minimum Gasteiger partial charge on any atom is -0.309 e. The number of para-hydroxylation sites is 1. The second kappa shape index (κ2) is 9.81. The van der Waals surface area contributed by atoms with Crippen molar-refractivity contribution < 1.29 is 0 Å². The van der Waals surface area contributed by atoms with Crippen molar-refractivity contribution in [3.8, 4) is 11.1 Å². The quantitative estimate of drug-likeness (QED) is 0.199. The van der Waals surface area contributed by atoms with E-state index in [4.69, 9.17) is 0 Å². The molecule has 0 bridgehead atoms. The van der Waals surface area contributed by atoms with Gasteiger partial charge in [0, 0.05) is 56.9 Å². The molecule has 3 heteroatoms. The first-order chi connectivity index (χ1) is 21.3. The van der Waals surface area contributed by atoms with E-state index in [1.807, 2.05) is 22.7 Å². The minimum absolute atomic E-state index is 1.17. The summed E-state index contributed by atoms with van der Waals surface area (Å²) in [5.74, 6) is 0. The van der Waals surface area contributed by atoms with Crippen LogP contribution in [-0.2, 0) is 0 Å². The number of hydrogen-bond donors (Lipinski definition) is 0. The van der Waals surface area contributed by atoms with Crippen LogP contribution < -0.4 is 4.90 Å². The van der Waals surface area contributed by atoms with E-state index in [1.54, 1.807) is 0 Å². The Kier molecular flexibility index (Phi) is 5.62. The molecule has 43 heavy (non-hydrogen) atoms. The lowest BCUT2D eigenvalue weighted by Gasteiger charge is -2.30. The van der Waals surface area contributed by atoms with E-state index < -0.39 is 0 Å². The fourth-order valence-electron chi connectivity index (χ4n) is 6.59. The molecule has 0 saturated heterocycles. The molecule has 2 heterocycles. The van der Waals surface area contributed by atoms with Crippen molar-refractivity contribution in [2.24, 2.45) is 0 Å². The first-order valence-corrected chi connectivity index (χ1v) is 16.2. The van der Waals surface area contributed by atoms with Gasteiger partial charge in [-0.1, -0.05) is 115 Å². The lowest BCUT2D eigenvalue weighted by atomic mass is 9.98. The number of benzene rings is 7. The molecular weight excluding hydrogens is 559 g/mol. The van der Waals surface area contributed by atoms with Crippen LogP contribution in [0.5, 0.6) is 0 Å². The molecule has 0 radical (unpaired) electrons. The predicted octanol–water partition coefficient (Wildman–Crippen LogP) is 12.7. The summed E-state index contributed by atoms with van der Waals surface area (Å²) in [4.78, 5) is 2.51. The van der Waals surface area contributed by atoms with E-state index in [-0.39, 0.29) is 0 Å². The Balaban J connectivity index is 1.40. The molecule has 1 nitrogen and oxygen atoms in total. The fourth-order valence-corrected chi connectivity index (χ4v) is 8.95. The summed E-state index contributed by atoms with van der Waals surface area (Å²) < 4.78 is 5.26. The summed E-state index contributed by atoms with van der Waals surface area (Å²) >= 11 is 3.75. The molecule has 0 atom stereocenters. The van der Waals surface area contributed by atoms with Gasteiger partial charge in [-0.3, -0.25) is 0 Å². The molecule has 7 aromatic carbocycles. The zero-order chi connectivity index (χ0) is 28.3. The molecule has 0 unspecified atom stereocenters. The molecule has 0 aliphatic rings. The van der Waals surface area contributed by atoms with Gasteiger partial charge in [0.2, 0.25) is 0 Å². The topological polar surface area (TPSA) is 3.24 Å². The van der Waals surface area contributed by atoms with Gasteiger partial charge >= 0.3 is 0 Å². The Morgan fingerprint density at radius 3 is 1.81 bits per heavy atom. The maximum atomic E-state index is 2.51. The van der Waals surface area contributed by atoms with E-state index in [0.717, 1.165) is 0 Å². The highest BCUT2D eigenvalue weighted by Gasteiger charge is 2.23. The molecule has 0 aliphatic heterocycles. The standard InChI is InChI=1S/C40H25NS2/c1-2-14-27-26(12-1)13-9-21-33(27)41(35-22-11-25-38-39(35)32-17-5-8-24-37(32)42-38)34-20-6-3-15-28(34)30-18-10-19-31-29-16-4-7-23-36(29)43-40(30)31/h1-25H. The molecule has 0 saturated carbocycles. The van der Waals surface area contributed by atoms with Gasteiger partial charge in [0.15, 0.2) is 0 Å². The molecular formula is C40H25NS2. The van der Waals surface area contributed by atoms with Gasteiger partial charge in [0.1, 0.15) is 0 Å². The van der Waals surface area contributed by atoms with Crippen LogP contribution in [0.4, 0.5) is 17.1 Å². The lowest BCUT2D eigenvalue weighted by Crippen LogP contribution is -2.12. The summed E-state index contributed by atoms with van der Waals surface area (Å²) in [5.41, 5.74) is 6.04. The van der Waals surface area contributed by atoms with Crippen LogP contribution in [0.1, 0.15) is 0 Å². The van der Waals surface area contributed by atoms with Crippen molar-refractivity contribution in [1.29, 1.82) is 0 Å². The summed E-state index contributed by atoms with van der Waals surface area (Å²) in [6.07, 6.45) is 0. The van der Waals surface area contributed by atoms with Crippen molar-refractivity contribution in [1.82, 2.24) is 0 Å². The van der Waals surface area contributed by atoms with Crippen molar-refractivity contribution in [3.63, 3.8) is 0 Å². The maximum absolute atomic E-state index is 2.51. The van der Waals surface area contributed by atoms with Crippen molar-refractivity contribution in [2.45, 2.75) is 0 Å². The van der Waals surface area contributed by atoms with Crippen LogP contribution >= 0.6 is 22.7 Å².